The van der Waals surface area contributed by atoms with E-state index in [4.69, 9.17) is 11.6 Å². The van der Waals surface area contributed by atoms with Crippen LogP contribution in [0.1, 0.15) is 5.69 Å². The predicted octanol–water partition coefficient (Wildman–Crippen LogP) is 3.45. The number of benzene rings is 1. The summed E-state index contributed by atoms with van der Waals surface area (Å²) >= 11 is 8.74. The van der Waals surface area contributed by atoms with Gasteiger partial charge in [-0.05, 0) is 12.1 Å². The van der Waals surface area contributed by atoms with Gasteiger partial charge in [0.15, 0.2) is 9.84 Å². The summed E-state index contributed by atoms with van der Waals surface area (Å²) in [5.41, 5.74) is 2.56. The lowest BCUT2D eigenvalue weighted by molar-refractivity contribution is 0.597. The maximum atomic E-state index is 12.1. The zero-order valence-electron chi connectivity index (χ0n) is 9.95. The van der Waals surface area contributed by atoms with Crippen LogP contribution >= 0.6 is 34.7 Å². The Labute approximate surface area is 125 Å². The first-order valence-corrected chi connectivity index (χ1v) is 9.57. The molecule has 102 valence electrons. The Morgan fingerprint density at radius 3 is 2.68 bits per heavy atom. The highest BCUT2D eigenvalue weighted by molar-refractivity contribution is 8.02. The van der Waals surface area contributed by atoms with Crippen molar-refractivity contribution in [3.8, 4) is 0 Å². The van der Waals surface area contributed by atoms with Crippen molar-refractivity contribution < 1.29 is 8.42 Å². The molecule has 1 aromatic carbocycles. The Bertz CT molecular complexity index is 625. The summed E-state index contributed by atoms with van der Waals surface area (Å²) in [6, 6.07) is 8.51. The van der Waals surface area contributed by atoms with Gasteiger partial charge in [0.1, 0.15) is 0 Å². The minimum absolute atomic E-state index is 0.112. The van der Waals surface area contributed by atoms with Crippen molar-refractivity contribution in [3.05, 3.63) is 41.5 Å². The zero-order valence-corrected chi connectivity index (χ0v) is 13.2. The van der Waals surface area contributed by atoms with Gasteiger partial charge in [-0.2, -0.15) is 0 Å². The van der Waals surface area contributed by atoms with Crippen molar-refractivity contribution in [3.63, 3.8) is 0 Å². The summed E-state index contributed by atoms with van der Waals surface area (Å²) in [6.07, 6.45) is 0. The van der Waals surface area contributed by atoms with Gasteiger partial charge in [0, 0.05) is 5.75 Å². The molecule has 0 fully saturated rings. The van der Waals surface area contributed by atoms with Gasteiger partial charge < -0.3 is 0 Å². The predicted molar refractivity (Wildman–Crippen MR) is 80.9 cm³/mol. The average molecular weight is 334 g/mol. The standard InChI is InChI=1S/C12H12ClNO2S3/c13-8-11-12(18-9-14-11)17-6-7-19(15,16)10-4-2-1-3-5-10/h1-5,9H,6-8H2. The van der Waals surface area contributed by atoms with Gasteiger partial charge in [-0.3, -0.25) is 0 Å². The Hall–Kier alpha value is -0.560. The lowest BCUT2D eigenvalue weighted by Crippen LogP contribution is -2.08. The zero-order chi connectivity index (χ0) is 13.7. The van der Waals surface area contributed by atoms with E-state index >= 15 is 0 Å². The van der Waals surface area contributed by atoms with Crippen LogP contribution in [0.25, 0.3) is 0 Å². The third-order valence-corrected chi connectivity index (χ3v) is 6.87. The number of thioether (sulfide) groups is 1. The number of halogens is 1. The molecule has 0 amide bonds. The second-order valence-electron chi connectivity index (χ2n) is 3.70. The molecule has 2 rings (SSSR count). The van der Waals surface area contributed by atoms with Gasteiger partial charge in [0.2, 0.25) is 0 Å². The highest BCUT2D eigenvalue weighted by Crippen LogP contribution is 2.28. The normalized spacial score (nSPS) is 11.6. The molecule has 7 heteroatoms. The van der Waals surface area contributed by atoms with E-state index in [0.29, 0.717) is 16.5 Å². The maximum absolute atomic E-state index is 12.1. The molecule has 0 spiro atoms. The minimum Gasteiger partial charge on any atom is -0.247 e. The summed E-state index contributed by atoms with van der Waals surface area (Å²) in [5.74, 6) is 0.974. The number of rotatable bonds is 6. The Kier molecular flexibility index (Phi) is 5.27. The Balaban J connectivity index is 1.96. The van der Waals surface area contributed by atoms with Crippen LogP contribution in [0.2, 0.25) is 0 Å². The summed E-state index contributed by atoms with van der Waals surface area (Å²) in [7, 11) is -3.20. The molecular formula is C12H12ClNO2S3. The lowest BCUT2D eigenvalue weighted by Gasteiger charge is -2.03. The van der Waals surface area contributed by atoms with Crippen LogP contribution in [0.4, 0.5) is 0 Å². The van der Waals surface area contributed by atoms with Crippen molar-refractivity contribution in [2.75, 3.05) is 11.5 Å². The molecule has 1 heterocycles. The highest BCUT2D eigenvalue weighted by Gasteiger charge is 2.14. The molecule has 0 radical (unpaired) electrons. The molecule has 1 aromatic heterocycles. The van der Waals surface area contributed by atoms with Crippen LogP contribution in [0, 0.1) is 0 Å². The molecule has 0 bridgehead atoms. The van der Waals surface area contributed by atoms with E-state index in [-0.39, 0.29) is 5.75 Å². The SMILES string of the molecule is O=S(=O)(CCSc1scnc1CCl)c1ccccc1. The van der Waals surface area contributed by atoms with E-state index in [0.717, 1.165) is 9.90 Å². The largest absolute Gasteiger partial charge is 0.247 e. The monoisotopic (exact) mass is 333 g/mol. The fourth-order valence-electron chi connectivity index (χ4n) is 1.45. The summed E-state index contributed by atoms with van der Waals surface area (Å²) < 4.78 is 25.1. The van der Waals surface area contributed by atoms with Gasteiger partial charge in [-0.15, -0.1) is 34.7 Å². The van der Waals surface area contributed by atoms with Crippen LogP contribution in [0.15, 0.2) is 44.9 Å². The van der Waals surface area contributed by atoms with Crippen LogP contribution in [-0.4, -0.2) is 24.9 Å². The fourth-order valence-corrected chi connectivity index (χ4v) is 5.50. The van der Waals surface area contributed by atoms with Crippen molar-refractivity contribution in [1.82, 2.24) is 4.98 Å². The van der Waals surface area contributed by atoms with Gasteiger partial charge in [0.05, 0.1) is 31.9 Å². The third kappa shape index (κ3) is 3.95. The molecule has 3 nitrogen and oxygen atoms in total. The Morgan fingerprint density at radius 2 is 2.00 bits per heavy atom. The van der Waals surface area contributed by atoms with E-state index < -0.39 is 9.84 Å². The van der Waals surface area contributed by atoms with E-state index in [2.05, 4.69) is 4.98 Å². The second-order valence-corrected chi connectivity index (χ2v) is 8.30. The summed E-state index contributed by atoms with van der Waals surface area (Å²) in [6.45, 7) is 0. The first kappa shape index (κ1) is 14.8. The van der Waals surface area contributed by atoms with E-state index in [1.54, 1.807) is 35.8 Å². The topological polar surface area (TPSA) is 47.0 Å². The number of thiazole rings is 1. The van der Waals surface area contributed by atoms with Gasteiger partial charge in [-0.25, -0.2) is 13.4 Å². The number of hydrogen-bond acceptors (Lipinski definition) is 5. The van der Waals surface area contributed by atoms with Crippen molar-refractivity contribution in [2.24, 2.45) is 0 Å². The molecule has 0 N–H and O–H groups in total. The van der Waals surface area contributed by atoms with Gasteiger partial charge in [0.25, 0.3) is 0 Å². The first-order chi connectivity index (χ1) is 9.13. The molecule has 2 aromatic rings. The fraction of sp³-hybridized carbons (Fsp3) is 0.250. The van der Waals surface area contributed by atoms with Gasteiger partial charge in [-0.1, -0.05) is 18.2 Å². The molecule has 0 saturated carbocycles. The van der Waals surface area contributed by atoms with E-state index in [1.807, 2.05) is 0 Å². The van der Waals surface area contributed by atoms with Crippen molar-refractivity contribution in [2.45, 2.75) is 15.0 Å². The number of hydrogen-bond donors (Lipinski definition) is 0. The molecule has 0 atom stereocenters. The number of alkyl halides is 1. The van der Waals surface area contributed by atoms with Gasteiger partial charge >= 0.3 is 0 Å². The third-order valence-electron chi connectivity index (χ3n) is 2.42. The second kappa shape index (κ2) is 6.74. The first-order valence-electron chi connectivity index (χ1n) is 5.52. The highest BCUT2D eigenvalue weighted by atomic mass is 35.5. The lowest BCUT2D eigenvalue weighted by atomic mass is 10.4. The molecule has 0 saturated heterocycles. The quantitative estimate of drug-likeness (QED) is 0.600. The van der Waals surface area contributed by atoms with Crippen LogP contribution in [0.5, 0.6) is 0 Å². The summed E-state index contributed by atoms with van der Waals surface area (Å²) in [5, 5.41) is 0. The number of nitrogens with zero attached hydrogens (tertiary/aromatic N) is 1. The maximum Gasteiger partial charge on any atom is 0.179 e. The number of sulfone groups is 1. The molecular weight excluding hydrogens is 322 g/mol. The van der Waals surface area contributed by atoms with Crippen LogP contribution < -0.4 is 0 Å². The van der Waals surface area contributed by atoms with Crippen LogP contribution in [-0.2, 0) is 15.7 Å². The smallest absolute Gasteiger partial charge is 0.179 e. The molecule has 0 unspecified atom stereocenters. The van der Waals surface area contributed by atoms with Crippen molar-refractivity contribution in [1.29, 1.82) is 0 Å². The van der Waals surface area contributed by atoms with E-state index in [1.165, 1.54) is 23.1 Å². The molecule has 19 heavy (non-hydrogen) atoms. The van der Waals surface area contributed by atoms with E-state index in [9.17, 15) is 8.42 Å². The molecule has 0 aliphatic carbocycles. The Morgan fingerprint density at radius 1 is 1.26 bits per heavy atom. The minimum atomic E-state index is -3.20. The van der Waals surface area contributed by atoms with Crippen molar-refractivity contribution >= 4 is 44.5 Å². The molecule has 0 aliphatic heterocycles. The summed E-state index contributed by atoms with van der Waals surface area (Å²) in [4.78, 5) is 4.50. The molecule has 0 aliphatic rings. The average Bonchev–Trinajstić information content (AvgIpc) is 2.87. The number of aromatic nitrogens is 1. The van der Waals surface area contributed by atoms with Crippen LogP contribution in [0.3, 0.4) is 0 Å².